The SMILES string of the molecule is CC(N=O)c1ccc2c(c1)Sc1ccccc1O2. The molecular weight excluding hydrogens is 246 g/mol. The van der Waals surface area contributed by atoms with E-state index in [1.807, 2.05) is 42.5 Å². The standard InChI is InChI=1S/C14H11NO2S/c1-9(15-16)10-6-7-12-14(8-10)18-13-5-3-2-4-11(13)17-12/h2-9H,1H3. The summed E-state index contributed by atoms with van der Waals surface area (Å²) in [6, 6.07) is 13.4. The molecule has 1 unspecified atom stereocenters. The van der Waals surface area contributed by atoms with Crippen molar-refractivity contribution in [2.75, 3.05) is 0 Å². The van der Waals surface area contributed by atoms with Crippen LogP contribution in [0.1, 0.15) is 18.5 Å². The third-order valence-electron chi connectivity index (χ3n) is 2.90. The molecule has 3 nitrogen and oxygen atoms in total. The fourth-order valence-electron chi connectivity index (χ4n) is 1.87. The second-order valence-corrected chi connectivity index (χ2v) is 5.22. The molecule has 2 aromatic rings. The summed E-state index contributed by atoms with van der Waals surface area (Å²) in [5.41, 5.74) is 0.916. The molecule has 0 N–H and O–H groups in total. The Kier molecular flexibility index (Phi) is 2.80. The summed E-state index contributed by atoms with van der Waals surface area (Å²) in [6.45, 7) is 1.79. The van der Waals surface area contributed by atoms with E-state index in [9.17, 15) is 4.91 Å². The van der Waals surface area contributed by atoms with Crippen molar-refractivity contribution >= 4 is 11.8 Å². The first-order valence-corrected chi connectivity index (χ1v) is 6.51. The van der Waals surface area contributed by atoms with E-state index in [2.05, 4.69) is 5.18 Å². The molecule has 0 aromatic heterocycles. The second-order valence-electron chi connectivity index (χ2n) is 4.14. The van der Waals surface area contributed by atoms with Crippen LogP contribution in [-0.2, 0) is 0 Å². The Morgan fingerprint density at radius 2 is 1.89 bits per heavy atom. The van der Waals surface area contributed by atoms with E-state index >= 15 is 0 Å². The largest absolute Gasteiger partial charge is 0.455 e. The molecular formula is C14H11NO2S. The van der Waals surface area contributed by atoms with Gasteiger partial charge in [-0.3, -0.25) is 0 Å². The van der Waals surface area contributed by atoms with Crippen LogP contribution < -0.4 is 4.74 Å². The molecule has 1 aliphatic heterocycles. The highest BCUT2D eigenvalue weighted by molar-refractivity contribution is 7.99. The smallest absolute Gasteiger partial charge is 0.141 e. The van der Waals surface area contributed by atoms with Gasteiger partial charge < -0.3 is 4.74 Å². The molecule has 1 aliphatic rings. The van der Waals surface area contributed by atoms with Gasteiger partial charge in [0.15, 0.2) is 0 Å². The number of ether oxygens (including phenoxy) is 1. The van der Waals surface area contributed by atoms with Gasteiger partial charge in [-0.15, -0.1) is 0 Å². The van der Waals surface area contributed by atoms with Crippen LogP contribution in [0.25, 0.3) is 0 Å². The van der Waals surface area contributed by atoms with E-state index in [1.165, 1.54) is 0 Å². The van der Waals surface area contributed by atoms with Crippen LogP contribution in [0.4, 0.5) is 0 Å². The minimum absolute atomic E-state index is 0.326. The summed E-state index contributed by atoms with van der Waals surface area (Å²) >= 11 is 1.66. The van der Waals surface area contributed by atoms with Crippen LogP contribution in [0.5, 0.6) is 11.5 Å². The molecule has 0 amide bonds. The molecule has 3 rings (SSSR count). The Hall–Kier alpha value is -1.81. The lowest BCUT2D eigenvalue weighted by atomic mass is 10.1. The predicted octanol–water partition coefficient (Wildman–Crippen LogP) is 4.77. The van der Waals surface area contributed by atoms with E-state index in [4.69, 9.17) is 4.74 Å². The van der Waals surface area contributed by atoms with Crippen LogP contribution in [0.2, 0.25) is 0 Å². The fourth-order valence-corrected chi connectivity index (χ4v) is 2.86. The lowest BCUT2D eigenvalue weighted by Gasteiger charge is -2.20. The predicted molar refractivity (Wildman–Crippen MR) is 71.3 cm³/mol. The lowest BCUT2D eigenvalue weighted by Crippen LogP contribution is -1.97. The van der Waals surface area contributed by atoms with Crippen LogP contribution in [0.3, 0.4) is 0 Å². The molecule has 18 heavy (non-hydrogen) atoms. The van der Waals surface area contributed by atoms with E-state index in [0.29, 0.717) is 0 Å². The highest BCUT2D eigenvalue weighted by atomic mass is 32.2. The molecule has 0 aliphatic carbocycles. The number of hydrogen-bond donors (Lipinski definition) is 0. The van der Waals surface area contributed by atoms with Gasteiger partial charge in [-0.25, -0.2) is 0 Å². The first-order valence-electron chi connectivity index (χ1n) is 5.69. The zero-order valence-electron chi connectivity index (χ0n) is 9.79. The maximum Gasteiger partial charge on any atom is 0.141 e. The molecule has 1 heterocycles. The summed E-state index contributed by atoms with van der Waals surface area (Å²) in [7, 11) is 0. The van der Waals surface area contributed by atoms with Crippen molar-refractivity contribution in [3.63, 3.8) is 0 Å². The third-order valence-corrected chi connectivity index (χ3v) is 3.99. The van der Waals surface area contributed by atoms with E-state index in [-0.39, 0.29) is 6.04 Å². The average Bonchev–Trinajstić information content (AvgIpc) is 2.43. The molecule has 0 bridgehead atoms. The molecule has 90 valence electrons. The van der Waals surface area contributed by atoms with Gasteiger partial charge in [-0.2, -0.15) is 4.91 Å². The zero-order chi connectivity index (χ0) is 12.5. The van der Waals surface area contributed by atoms with Gasteiger partial charge in [0.2, 0.25) is 0 Å². The van der Waals surface area contributed by atoms with Crippen LogP contribution in [0, 0.1) is 4.91 Å². The maximum absolute atomic E-state index is 10.6. The maximum atomic E-state index is 10.6. The van der Waals surface area contributed by atoms with Crippen molar-refractivity contribution in [2.45, 2.75) is 22.8 Å². The number of hydrogen-bond acceptors (Lipinski definition) is 4. The Labute approximate surface area is 109 Å². The van der Waals surface area contributed by atoms with Crippen molar-refractivity contribution in [2.24, 2.45) is 5.18 Å². The van der Waals surface area contributed by atoms with Crippen molar-refractivity contribution in [1.29, 1.82) is 0 Å². The van der Waals surface area contributed by atoms with Gasteiger partial charge >= 0.3 is 0 Å². The van der Waals surface area contributed by atoms with Gasteiger partial charge in [0, 0.05) is 0 Å². The molecule has 0 radical (unpaired) electrons. The highest BCUT2D eigenvalue weighted by Crippen LogP contribution is 2.47. The number of nitrogens with zero attached hydrogens (tertiary/aromatic N) is 1. The molecule has 0 saturated carbocycles. The van der Waals surface area contributed by atoms with Crippen LogP contribution >= 0.6 is 11.8 Å². The first kappa shape index (κ1) is 11.3. The van der Waals surface area contributed by atoms with Gasteiger partial charge in [0.1, 0.15) is 17.5 Å². The van der Waals surface area contributed by atoms with Gasteiger partial charge in [0.25, 0.3) is 0 Å². The quantitative estimate of drug-likeness (QED) is 0.620. The topological polar surface area (TPSA) is 38.7 Å². The van der Waals surface area contributed by atoms with Crippen molar-refractivity contribution < 1.29 is 4.74 Å². The summed E-state index contributed by atoms with van der Waals surface area (Å²) in [5, 5.41) is 3.05. The Balaban J connectivity index is 2.01. The van der Waals surface area contributed by atoms with Crippen molar-refractivity contribution in [3.8, 4) is 11.5 Å². The Morgan fingerprint density at radius 3 is 2.72 bits per heavy atom. The molecule has 1 atom stereocenters. The summed E-state index contributed by atoms with van der Waals surface area (Å²) in [6.07, 6.45) is 0. The van der Waals surface area contributed by atoms with E-state index < -0.39 is 0 Å². The Morgan fingerprint density at radius 1 is 1.11 bits per heavy atom. The second kappa shape index (κ2) is 4.46. The number of para-hydroxylation sites is 1. The van der Waals surface area contributed by atoms with Crippen molar-refractivity contribution in [3.05, 3.63) is 52.9 Å². The van der Waals surface area contributed by atoms with Gasteiger partial charge in [-0.1, -0.05) is 35.1 Å². The molecule has 2 aromatic carbocycles. The van der Waals surface area contributed by atoms with Gasteiger partial charge in [0.05, 0.1) is 9.79 Å². The third kappa shape index (κ3) is 1.88. The number of benzene rings is 2. The van der Waals surface area contributed by atoms with E-state index in [0.717, 1.165) is 26.9 Å². The minimum atomic E-state index is -0.326. The molecule has 0 saturated heterocycles. The van der Waals surface area contributed by atoms with E-state index in [1.54, 1.807) is 18.7 Å². The van der Waals surface area contributed by atoms with Crippen molar-refractivity contribution in [1.82, 2.24) is 0 Å². The summed E-state index contributed by atoms with van der Waals surface area (Å²) in [5.74, 6) is 1.71. The van der Waals surface area contributed by atoms with Gasteiger partial charge in [-0.05, 0) is 36.8 Å². The zero-order valence-corrected chi connectivity index (χ0v) is 10.6. The Bertz CT molecular complexity index is 612. The van der Waals surface area contributed by atoms with Crippen LogP contribution in [0.15, 0.2) is 57.4 Å². The molecule has 0 fully saturated rings. The molecule has 4 heteroatoms. The summed E-state index contributed by atoms with van der Waals surface area (Å²) in [4.78, 5) is 12.7. The minimum Gasteiger partial charge on any atom is -0.455 e. The number of rotatable bonds is 2. The first-order chi connectivity index (χ1) is 8.78. The highest BCUT2D eigenvalue weighted by Gasteiger charge is 2.18. The number of fused-ring (bicyclic) bond motifs is 2. The average molecular weight is 257 g/mol. The lowest BCUT2D eigenvalue weighted by molar-refractivity contribution is 0.454. The normalized spacial score (nSPS) is 14.1. The monoisotopic (exact) mass is 257 g/mol. The summed E-state index contributed by atoms with van der Waals surface area (Å²) < 4.78 is 5.82. The fraction of sp³-hybridized carbons (Fsp3) is 0.143. The molecule has 0 spiro atoms. The number of nitroso groups, excluding NO2 is 1. The van der Waals surface area contributed by atoms with Crippen LogP contribution in [-0.4, -0.2) is 0 Å².